The van der Waals surface area contributed by atoms with E-state index in [0.717, 1.165) is 5.56 Å². The van der Waals surface area contributed by atoms with Gasteiger partial charge < -0.3 is 15.8 Å². The highest BCUT2D eigenvalue weighted by atomic mass is 35.5. The van der Waals surface area contributed by atoms with Gasteiger partial charge in [-0.15, -0.1) is 0 Å². The molecule has 0 aliphatic heterocycles. The average molecular weight is 284 g/mol. The Balaban J connectivity index is 2.79. The molecule has 3 N–H and O–H groups in total. The second-order valence-corrected chi connectivity index (χ2v) is 4.98. The standard InChI is InChI=1S/C13H18ClN3O2/c1-8-4-5-10(6-11(8)14)13(18)17(3)7-9(2)12(15)16-19/h4-6,9,19H,7H2,1-3H3,(H2,15,16). The summed E-state index contributed by atoms with van der Waals surface area (Å²) in [5, 5.41) is 12.1. The van der Waals surface area contributed by atoms with Crippen molar-refractivity contribution in [2.45, 2.75) is 13.8 Å². The molecule has 104 valence electrons. The number of hydrogen-bond donors (Lipinski definition) is 2. The number of aryl methyl sites for hydroxylation is 1. The highest BCUT2D eigenvalue weighted by Gasteiger charge is 2.17. The number of amides is 1. The fourth-order valence-electron chi connectivity index (χ4n) is 1.63. The fourth-order valence-corrected chi connectivity index (χ4v) is 1.81. The molecular weight excluding hydrogens is 266 g/mol. The normalized spacial score (nSPS) is 13.2. The largest absolute Gasteiger partial charge is 0.409 e. The molecule has 5 nitrogen and oxygen atoms in total. The second kappa shape index (κ2) is 6.43. The molecule has 0 saturated carbocycles. The van der Waals surface area contributed by atoms with E-state index in [-0.39, 0.29) is 17.7 Å². The molecular formula is C13H18ClN3O2. The van der Waals surface area contributed by atoms with E-state index < -0.39 is 0 Å². The summed E-state index contributed by atoms with van der Waals surface area (Å²) in [4.78, 5) is 13.7. The zero-order chi connectivity index (χ0) is 14.6. The van der Waals surface area contributed by atoms with E-state index in [0.29, 0.717) is 17.1 Å². The van der Waals surface area contributed by atoms with Crippen molar-refractivity contribution in [2.24, 2.45) is 16.8 Å². The first-order chi connectivity index (χ1) is 8.86. The van der Waals surface area contributed by atoms with Gasteiger partial charge in [-0.05, 0) is 24.6 Å². The highest BCUT2D eigenvalue weighted by molar-refractivity contribution is 6.31. The van der Waals surface area contributed by atoms with E-state index >= 15 is 0 Å². The molecule has 1 aromatic rings. The second-order valence-electron chi connectivity index (χ2n) is 4.58. The molecule has 1 atom stereocenters. The topological polar surface area (TPSA) is 78.9 Å². The number of oxime groups is 1. The Bertz CT molecular complexity index is 503. The Labute approximate surface area is 117 Å². The monoisotopic (exact) mass is 283 g/mol. The van der Waals surface area contributed by atoms with Crippen molar-refractivity contribution < 1.29 is 10.0 Å². The minimum atomic E-state index is -0.222. The van der Waals surface area contributed by atoms with Crippen molar-refractivity contribution in [3.63, 3.8) is 0 Å². The van der Waals surface area contributed by atoms with Crippen LogP contribution in [-0.4, -0.2) is 35.4 Å². The third-order valence-corrected chi connectivity index (χ3v) is 3.34. The Kier molecular flexibility index (Phi) is 5.18. The number of nitrogens with two attached hydrogens (primary N) is 1. The molecule has 1 aromatic carbocycles. The van der Waals surface area contributed by atoms with E-state index in [1.54, 1.807) is 32.2 Å². The highest BCUT2D eigenvalue weighted by Crippen LogP contribution is 2.17. The zero-order valence-corrected chi connectivity index (χ0v) is 12.0. The van der Waals surface area contributed by atoms with E-state index in [2.05, 4.69) is 5.16 Å². The summed E-state index contributed by atoms with van der Waals surface area (Å²) in [7, 11) is 1.66. The minimum Gasteiger partial charge on any atom is -0.409 e. The van der Waals surface area contributed by atoms with Gasteiger partial charge in [-0.3, -0.25) is 4.79 Å². The maximum Gasteiger partial charge on any atom is 0.253 e. The van der Waals surface area contributed by atoms with Crippen LogP contribution >= 0.6 is 11.6 Å². The molecule has 6 heteroatoms. The van der Waals surface area contributed by atoms with Crippen molar-refractivity contribution in [1.82, 2.24) is 4.90 Å². The number of nitrogens with zero attached hydrogens (tertiary/aromatic N) is 2. The number of carbonyl (C=O) groups excluding carboxylic acids is 1. The number of carbonyl (C=O) groups is 1. The summed E-state index contributed by atoms with van der Waals surface area (Å²) in [6.45, 7) is 4.02. The van der Waals surface area contributed by atoms with E-state index in [1.807, 2.05) is 6.92 Å². The van der Waals surface area contributed by atoms with E-state index in [1.165, 1.54) is 4.90 Å². The zero-order valence-electron chi connectivity index (χ0n) is 11.2. The number of halogens is 1. The van der Waals surface area contributed by atoms with Gasteiger partial charge in [-0.25, -0.2) is 0 Å². The van der Waals surface area contributed by atoms with Crippen molar-refractivity contribution in [3.05, 3.63) is 34.3 Å². The van der Waals surface area contributed by atoms with Crippen LogP contribution in [0, 0.1) is 12.8 Å². The SMILES string of the molecule is Cc1ccc(C(=O)N(C)CC(C)C(N)=NO)cc1Cl. The van der Waals surface area contributed by atoms with Gasteiger partial charge in [0.05, 0.1) is 0 Å². The number of hydrogen-bond acceptors (Lipinski definition) is 3. The van der Waals surface area contributed by atoms with Crippen molar-refractivity contribution in [2.75, 3.05) is 13.6 Å². The molecule has 1 rings (SSSR count). The minimum absolute atomic E-state index is 0.0987. The summed E-state index contributed by atoms with van der Waals surface area (Å²) in [5.41, 5.74) is 6.93. The van der Waals surface area contributed by atoms with Crippen molar-refractivity contribution in [3.8, 4) is 0 Å². The van der Waals surface area contributed by atoms with Gasteiger partial charge in [0.1, 0.15) is 5.84 Å². The number of amidine groups is 1. The maximum absolute atomic E-state index is 12.2. The molecule has 1 unspecified atom stereocenters. The lowest BCUT2D eigenvalue weighted by Gasteiger charge is -2.21. The van der Waals surface area contributed by atoms with Crippen LogP contribution in [0.1, 0.15) is 22.8 Å². The van der Waals surface area contributed by atoms with Gasteiger partial charge in [-0.1, -0.05) is 29.7 Å². The Hall–Kier alpha value is -1.75. The first kappa shape index (κ1) is 15.3. The molecule has 0 saturated heterocycles. The third-order valence-electron chi connectivity index (χ3n) is 2.93. The molecule has 1 amide bonds. The van der Waals surface area contributed by atoms with Gasteiger partial charge in [0, 0.05) is 30.1 Å². The summed E-state index contributed by atoms with van der Waals surface area (Å²) in [5.74, 6) is -0.277. The Morgan fingerprint density at radius 3 is 2.74 bits per heavy atom. The predicted octanol–water partition coefficient (Wildman–Crippen LogP) is 2.10. The van der Waals surface area contributed by atoms with Crippen LogP contribution in [0.3, 0.4) is 0 Å². The van der Waals surface area contributed by atoms with Crippen molar-refractivity contribution >= 4 is 23.3 Å². The predicted molar refractivity (Wildman–Crippen MR) is 75.7 cm³/mol. The lowest BCUT2D eigenvalue weighted by molar-refractivity contribution is 0.0786. The summed E-state index contributed by atoms with van der Waals surface area (Å²) in [6.07, 6.45) is 0. The van der Waals surface area contributed by atoms with Gasteiger partial charge in [-0.2, -0.15) is 0 Å². The molecule has 0 bridgehead atoms. The first-order valence-electron chi connectivity index (χ1n) is 5.85. The number of rotatable bonds is 4. The van der Waals surface area contributed by atoms with Gasteiger partial charge in [0.15, 0.2) is 0 Å². The summed E-state index contributed by atoms with van der Waals surface area (Å²) >= 11 is 6.00. The van der Waals surface area contributed by atoms with Crippen LogP contribution in [0.4, 0.5) is 0 Å². The maximum atomic E-state index is 12.2. The Morgan fingerprint density at radius 1 is 1.58 bits per heavy atom. The molecule has 0 radical (unpaired) electrons. The van der Waals surface area contributed by atoms with Crippen LogP contribution < -0.4 is 5.73 Å². The molecule has 0 fully saturated rings. The van der Waals surface area contributed by atoms with Gasteiger partial charge >= 0.3 is 0 Å². The molecule has 0 aliphatic rings. The van der Waals surface area contributed by atoms with Crippen LogP contribution in [0.2, 0.25) is 5.02 Å². The van der Waals surface area contributed by atoms with E-state index in [4.69, 9.17) is 22.5 Å². The lowest BCUT2D eigenvalue weighted by atomic mass is 10.1. The van der Waals surface area contributed by atoms with Crippen LogP contribution in [-0.2, 0) is 0 Å². The smallest absolute Gasteiger partial charge is 0.253 e. The molecule has 0 aliphatic carbocycles. The first-order valence-corrected chi connectivity index (χ1v) is 6.23. The molecule has 0 heterocycles. The van der Waals surface area contributed by atoms with Gasteiger partial charge in [0.25, 0.3) is 5.91 Å². The summed E-state index contributed by atoms with van der Waals surface area (Å²) < 4.78 is 0. The molecule has 0 spiro atoms. The van der Waals surface area contributed by atoms with E-state index in [9.17, 15) is 4.79 Å². The lowest BCUT2D eigenvalue weighted by Crippen LogP contribution is -2.36. The Morgan fingerprint density at radius 2 is 2.21 bits per heavy atom. The summed E-state index contributed by atoms with van der Waals surface area (Å²) in [6, 6.07) is 5.18. The van der Waals surface area contributed by atoms with Crippen LogP contribution in [0.5, 0.6) is 0 Å². The quantitative estimate of drug-likeness (QED) is 0.384. The third kappa shape index (κ3) is 3.86. The van der Waals surface area contributed by atoms with Crippen LogP contribution in [0.25, 0.3) is 0 Å². The van der Waals surface area contributed by atoms with Crippen molar-refractivity contribution in [1.29, 1.82) is 0 Å². The number of benzene rings is 1. The fraction of sp³-hybridized carbons (Fsp3) is 0.385. The van der Waals surface area contributed by atoms with Gasteiger partial charge in [0.2, 0.25) is 0 Å². The molecule has 0 aromatic heterocycles. The molecule has 19 heavy (non-hydrogen) atoms. The van der Waals surface area contributed by atoms with Crippen LogP contribution in [0.15, 0.2) is 23.4 Å². The average Bonchev–Trinajstić information content (AvgIpc) is 2.39.